The van der Waals surface area contributed by atoms with E-state index in [0.717, 1.165) is 64.2 Å². The maximum absolute atomic E-state index is 13.9. The van der Waals surface area contributed by atoms with E-state index in [1.165, 1.54) is 11.6 Å². The Morgan fingerprint density at radius 3 is 2.24 bits per heavy atom. The average Bonchev–Trinajstić information content (AvgIpc) is 2.77. The highest BCUT2D eigenvalue weighted by Crippen LogP contribution is 2.22. The van der Waals surface area contributed by atoms with Gasteiger partial charge in [0.05, 0.1) is 0 Å². The molecule has 5 nitrogen and oxygen atoms in total. The number of amides is 1. The summed E-state index contributed by atoms with van der Waals surface area (Å²) < 4.78 is 13.9. The van der Waals surface area contributed by atoms with Crippen molar-refractivity contribution in [2.24, 2.45) is 5.92 Å². The molecular formula is C23H29FN4O. The summed E-state index contributed by atoms with van der Waals surface area (Å²) in [7, 11) is 0. The van der Waals surface area contributed by atoms with Crippen LogP contribution in [0.3, 0.4) is 0 Å². The van der Waals surface area contributed by atoms with Gasteiger partial charge in [-0.1, -0.05) is 18.2 Å². The zero-order chi connectivity index (χ0) is 20.1. The Bertz CT molecular complexity index is 800. The number of nitrogens with zero attached hydrogens (tertiary/aromatic N) is 4. The van der Waals surface area contributed by atoms with Gasteiger partial charge in [-0.2, -0.15) is 0 Å². The van der Waals surface area contributed by atoms with E-state index in [-0.39, 0.29) is 11.7 Å². The second kappa shape index (κ2) is 9.46. The first-order chi connectivity index (χ1) is 14.2. The molecule has 0 bridgehead atoms. The fraction of sp³-hybridized carbons (Fsp3) is 0.478. The topological polar surface area (TPSA) is 39.7 Å². The highest BCUT2D eigenvalue weighted by Gasteiger charge is 2.30. The molecule has 0 atom stereocenters. The van der Waals surface area contributed by atoms with Gasteiger partial charge in [0.2, 0.25) is 5.91 Å². The van der Waals surface area contributed by atoms with Crippen molar-refractivity contribution in [1.82, 2.24) is 19.7 Å². The fourth-order valence-electron chi connectivity index (χ4n) is 4.34. The van der Waals surface area contributed by atoms with Crippen LogP contribution in [0.1, 0.15) is 24.0 Å². The Kier molecular flexibility index (Phi) is 6.52. The van der Waals surface area contributed by atoms with Gasteiger partial charge in [-0.15, -0.1) is 0 Å². The number of halogens is 1. The minimum absolute atomic E-state index is 0.141. The number of rotatable bonds is 5. The number of likely N-dealkylation sites (tertiary alicyclic amines) is 1. The van der Waals surface area contributed by atoms with Gasteiger partial charge in [0, 0.05) is 63.1 Å². The van der Waals surface area contributed by atoms with E-state index in [2.05, 4.69) is 26.9 Å². The predicted octanol–water partition coefficient (Wildman–Crippen LogP) is 2.78. The van der Waals surface area contributed by atoms with Gasteiger partial charge in [0.25, 0.3) is 0 Å². The minimum Gasteiger partial charge on any atom is -0.340 e. The van der Waals surface area contributed by atoms with Crippen LogP contribution in [0.2, 0.25) is 0 Å². The molecule has 29 heavy (non-hydrogen) atoms. The van der Waals surface area contributed by atoms with E-state index < -0.39 is 0 Å². The van der Waals surface area contributed by atoms with E-state index in [1.807, 2.05) is 29.4 Å². The Labute approximate surface area is 172 Å². The van der Waals surface area contributed by atoms with Crippen molar-refractivity contribution in [2.75, 3.05) is 39.3 Å². The smallest absolute Gasteiger partial charge is 0.225 e. The van der Waals surface area contributed by atoms with Crippen molar-refractivity contribution in [3.05, 3.63) is 65.7 Å². The zero-order valence-corrected chi connectivity index (χ0v) is 16.8. The third-order valence-electron chi connectivity index (χ3n) is 6.13. The average molecular weight is 397 g/mol. The van der Waals surface area contributed by atoms with Gasteiger partial charge in [0.1, 0.15) is 5.82 Å². The maximum atomic E-state index is 13.9. The second-order valence-electron chi connectivity index (χ2n) is 8.10. The molecule has 1 aromatic heterocycles. The SMILES string of the molecule is O=C(C1CCN(Cc2ccncc2)CC1)N1CCN(Cc2ccccc2F)CC1. The monoisotopic (exact) mass is 396 g/mol. The van der Waals surface area contributed by atoms with Crippen LogP contribution in [0, 0.1) is 11.7 Å². The number of piperazine rings is 1. The molecular weight excluding hydrogens is 367 g/mol. The van der Waals surface area contributed by atoms with Gasteiger partial charge in [-0.05, 0) is 49.7 Å². The number of pyridine rings is 1. The van der Waals surface area contributed by atoms with Crippen LogP contribution in [0.15, 0.2) is 48.8 Å². The van der Waals surface area contributed by atoms with E-state index >= 15 is 0 Å². The first kappa shape index (κ1) is 20.0. The van der Waals surface area contributed by atoms with Crippen molar-refractivity contribution in [2.45, 2.75) is 25.9 Å². The highest BCUT2D eigenvalue weighted by molar-refractivity contribution is 5.79. The van der Waals surface area contributed by atoms with Crippen molar-refractivity contribution in [3.8, 4) is 0 Å². The lowest BCUT2D eigenvalue weighted by Gasteiger charge is -2.38. The second-order valence-corrected chi connectivity index (χ2v) is 8.10. The Hall–Kier alpha value is -2.31. The van der Waals surface area contributed by atoms with Gasteiger partial charge in [-0.25, -0.2) is 4.39 Å². The van der Waals surface area contributed by atoms with E-state index in [9.17, 15) is 9.18 Å². The zero-order valence-electron chi connectivity index (χ0n) is 16.8. The van der Waals surface area contributed by atoms with Crippen LogP contribution in [0.25, 0.3) is 0 Å². The molecule has 2 aliphatic rings. The number of carbonyl (C=O) groups is 1. The van der Waals surface area contributed by atoms with Crippen LogP contribution in [-0.4, -0.2) is 64.9 Å². The Morgan fingerprint density at radius 2 is 1.55 bits per heavy atom. The summed E-state index contributed by atoms with van der Waals surface area (Å²) in [6.45, 7) is 6.56. The molecule has 2 fully saturated rings. The minimum atomic E-state index is -0.149. The molecule has 0 spiro atoms. The lowest BCUT2D eigenvalue weighted by atomic mass is 9.94. The molecule has 0 aliphatic carbocycles. The molecule has 2 aliphatic heterocycles. The number of hydrogen-bond acceptors (Lipinski definition) is 4. The van der Waals surface area contributed by atoms with Crippen molar-refractivity contribution >= 4 is 5.91 Å². The van der Waals surface area contributed by atoms with Gasteiger partial charge < -0.3 is 4.90 Å². The van der Waals surface area contributed by atoms with Crippen LogP contribution < -0.4 is 0 Å². The third-order valence-corrected chi connectivity index (χ3v) is 6.13. The highest BCUT2D eigenvalue weighted by atomic mass is 19.1. The predicted molar refractivity (Wildman–Crippen MR) is 110 cm³/mol. The number of hydrogen-bond donors (Lipinski definition) is 0. The lowest BCUT2D eigenvalue weighted by Crippen LogP contribution is -2.51. The number of piperidine rings is 1. The van der Waals surface area contributed by atoms with Gasteiger partial charge >= 0.3 is 0 Å². The molecule has 0 unspecified atom stereocenters. The largest absolute Gasteiger partial charge is 0.340 e. The Balaban J connectivity index is 1.21. The summed E-state index contributed by atoms with van der Waals surface area (Å²) in [4.78, 5) is 23.7. The van der Waals surface area contributed by atoms with E-state index in [0.29, 0.717) is 12.5 Å². The van der Waals surface area contributed by atoms with Gasteiger partial charge in [-0.3, -0.25) is 19.6 Å². The molecule has 154 valence electrons. The first-order valence-electron chi connectivity index (χ1n) is 10.5. The molecule has 3 heterocycles. The summed E-state index contributed by atoms with van der Waals surface area (Å²) in [5.41, 5.74) is 2.00. The standard InChI is InChI=1S/C23H29FN4O/c24-22-4-2-1-3-21(22)18-27-13-15-28(16-14-27)23(29)20-7-11-26(12-8-20)17-19-5-9-25-10-6-19/h1-6,9-10,20H,7-8,11-18H2. The summed E-state index contributed by atoms with van der Waals surface area (Å²) in [6.07, 6.45) is 5.52. The molecule has 1 aromatic carbocycles. The van der Waals surface area contributed by atoms with Crippen LogP contribution in [-0.2, 0) is 17.9 Å². The molecule has 4 rings (SSSR count). The number of carbonyl (C=O) groups excluding carboxylic acids is 1. The third kappa shape index (κ3) is 5.19. The molecule has 6 heteroatoms. The first-order valence-corrected chi connectivity index (χ1v) is 10.5. The van der Waals surface area contributed by atoms with Crippen molar-refractivity contribution < 1.29 is 9.18 Å². The molecule has 2 aromatic rings. The molecule has 0 saturated carbocycles. The number of aromatic nitrogens is 1. The van der Waals surface area contributed by atoms with Crippen molar-refractivity contribution in [3.63, 3.8) is 0 Å². The summed E-state index contributed by atoms with van der Waals surface area (Å²) >= 11 is 0. The van der Waals surface area contributed by atoms with Crippen LogP contribution >= 0.6 is 0 Å². The molecule has 1 amide bonds. The maximum Gasteiger partial charge on any atom is 0.225 e. The number of benzene rings is 1. The molecule has 0 N–H and O–H groups in total. The van der Waals surface area contributed by atoms with Crippen LogP contribution in [0.5, 0.6) is 0 Å². The normalized spacial score (nSPS) is 19.4. The van der Waals surface area contributed by atoms with Crippen molar-refractivity contribution in [1.29, 1.82) is 0 Å². The van der Waals surface area contributed by atoms with Gasteiger partial charge in [0.15, 0.2) is 0 Å². The molecule has 0 radical (unpaired) electrons. The molecule has 2 saturated heterocycles. The quantitative estimate of drug-likeness (QED) is 0.779. The van der Waals surface area contributed by atoms with E-state index in [1.54, 1.807) is 6.07 Å². The summed E-state index contributed by atoms with van der Waals surface area (Å²) in [6, 6.07) is 11.1. The van der Waals surface area contributed by atoms with Crippen LogP contribution in [0.4, 0.5) is 4.39 Å². The fourth-order valence-corrected chi connectivity index (χ4v) is 4.34. The lowest BCUT2D eigenvalue weighted by molar-refractivity contribution is -0.139. The summed E-state index contributed by atoms with van der Waals surface area (Å²) in [5.74, 6) is 0.297. The summed E-state index contributed by atoms with van der Waals surface area (Å²) in [5, 5.41) is 0. The Morgan fingerprint density at radius 1 is 0.897 bits per heavy atom. The van der Waals surface area contributed by atoms with E-state index in [4.69, 9.17) is 0 Å².